The molecule has 1 rings (SSSR count). The lowest BCUT2D eigenvalue weighted by Gasteiger charge is -2.26. The first-order valence-electron chi connectivity index (χ1n) is 5.33. The van der Waals surface area contributed by atoms with E-state index in [0.29, 0.717) is 19.1 Å². The van der Waals surface area contributed by atoms with Crippen molar-refractivity contribution in [2.24, 2.45) is 0 Å². The van der Waals surface area contributed by atoms with Crippen LogP contribution in [-0.4, -0.2) is 45.0 Å². The summed E-state index contributed by atoms with van der Waals surface area (Å²) >= 11 is 0. The standard InChI is InChI=1S/C9H20N2O3S/c1-15(13,14)11-7-6-10-8-2-4-9(12)5-3-8/h8-12H,2-7H2,1H3. The molecule has 1 saturated carbocycles. The lowest BCUT2D eigenvalue weighted by Crippen LogP contribution is -2.39. The molecule has 0 amide bonds. The molecule has 90 valence electrons. The van der Waals surface area contributed by atoms with Crippen LogP contribution in [0.2, 0.25) is 0 Å². The third-order valence-electron chi connectivity index (χ3n) is 2.62. The molecule has 1 aliphatic rings. The Morgan fingerprint density at radius 3 is 2.33 bits per heavy atom. The van der Waals surface area contributed by atoms with Gasteiger partial charge in [-0.05, 0) is 25.7 Å². The Morgan fingerprint density at radius 2 is 1.80 bits per heavy atom. The van der Waals surface area contributed by atoms with Crippen molar-refractivity contribution >= 4 is 10.0 Å². The molecule has 0 radical (unpaired) electrons. The molecule has 0 aromatic heterocycles. The monoisotopic (exact) mass is 236 g/mol. The first-order chi connectivity index (χ1) is 6.97. The zero-order valence-electron chi connectivity index (χ0n) is 9.07. The van der Waals surface area contributed by atoms with Crippen LogP contribution in [0.5, 0.6) is 0 Å². The first-order valence-corrected chi connectivity index (χ1v) is 7.22. The fourth-order valence-electron chi connectivity index (χ4n) is 1.79. The number of aliphatic hydroxyl groups is 1. The van der Waals surface area contributed by atoms with Crippen LogP contribution in [0.3, 0.4) is 0 Å². The number of hydrogen-bond donors (Lipinski definition) is 3. The Balaban J connectivity index is 2.06. The van der Waals surface area contributed by atoms with Gasteiger partial charge in [-0.15, -0.1) is 0 Å². The van der Waals surface area contributed by atoms with Crippen LogP contribution in [0.1, 0.15) is 25.7 Å². The van der Waals surface area contributed by atoms with Crippen LogP contribution in [0, 0.1) is 0 Å². The van der Waals surface area contributed by atoms with E-state index in [1.54, 1.807) is 0 Å². The lowest BCUT2D eigenvalue weighted by atomic mass is 9.93. The van der Waals surface area contributed by atoms with Crippen LogP contribution in [-0.2, 0) is 10.0 Å². The van der Waals surface area contributed by atoms with Gasteiger partial charge in [0.15, 0.2) is 0 Å². The van der Waals surface area contributed by atoms with Crippen LogP contribution >= 0.6 is 0 Å². The number of sulfonamides is 1. The van der Waals surface area contributed by atoms with Gasteiger partial charge >= 0.3 is 0 Å². The summed E-state index contributed by atoms with van der Waals surface area (Å²) in [5, 5.41) is 12.6. The van der Waals surface area contributed by atoms with Crippen molar-refractivity contribution in [3.8, 4) is 0 Å². The van der Waals surface area contributed by atoms with Gasteiger partial charge < -0.3 is 10.4 Å². The quantitative estimate of drug-likeness (QED) is 0.559. The van der Waals surface area contributed by atoms with Crippen LogP contribution < -0.4 is 10.0 Å². The molecule has 0 aromatic carbocycles. The lowest BCUT2D eigenvalue weighted by molar-refractivity contribution is 0.117. The Labute approximate surface area is 91.3 Å². The average molecular weight is 236 g/mol. The Bertz CT molecular complexity index is 271. The average Bonchev–Trinajstić information content (AvgIpc) is 2.14. The Morgan fingerprint density at radius 1 is 1.20 bits per heavy atom. The van der Waals surface area contributed by atoms with Crippen molar-refractivity contribution < 1.29 is 13.5 Å². The molecule has 1 fully saturated rings. The van der Waals surface area contributed by atoms with Gasteiger partial charge in [0.1, 0.15) is 0 Å². The van der Waals surface area contributed by atoms with Crippen molar-refractivity contribution in [2.75, 3.05) is 19.3 Å². The summed E-state index contributed by atoms with van der Waals surface area (Å²) in [6.07, 6.45) is 4.65. The molecular formula is C9H20N2O3S. The maximum absolute atomic E-state index is 10.8. The molecule has 5 nitrogen and oxygen atoms in total. The molecule has 0 aliphatic heterocycles. The highest BCUT2D eigenvalue weighted by molar-refractivity contribution is 7.88. The van der Waals surface area contributed by atoms with E-state index in [4.69, 9.17) is 0 Å². The number of hydrogen-bond acceptors (Lipinski definition) is 4. The zero-order valence-corrected chi connectivity index (χ0v) is 9.89. The van der Waals surface area contributed by atoms with Gasteiger partial charge in [-0.3, -0.25) is 0 Å². The van der Waals surface area contributed by atoms with E-state index < -0.39 is 10.0 Å². The summed E-state index contributed by atoms with van der Waals surface area (Å²) in [4.78, 5) is 0. The third-order valence-corrected chi connectivity index (χ3v) is 3.35. The predicted octanol–water partition coefficient (Wildman–Crippen LogP) is -0.571. The summed E-state index contributed by atoms with van der Waals surface area (Å²) in [6, 6.07) is 0.426. The van der Waals surface area contributed by atoms with Crippen LogP contribution in [0.15, 0.2) is 0 Å². The van der Waals surface area contributed by atoms with Crippen molar-refractivity contribution in [3.63, 3.8) is 0 Å². The van der Waals surface area contributed by atoms with Gasteiger partial charge in [-0.2, -0.15) is 0 Å². The summed E-state index contributed by atoms with van der Waals surface area (Å²) in [7, 11) is -3.07. The molecule has 0 spiro atoms. The molecule has 6 heteroatoms. The minimum absolute atomic E-state index is 0.141. The fourth-order valence-corrected chi connectivity index (χ4v) is 2.27. The number of rotatable bonds is 5. The molecule has 0 saturated heterocycles. The smallest absolute Gasteiger partial charge is 0.208 e. The highest BCUT2D eigenvalue weighted by Gasteiger charge is 2.18. The molecule has 0 aromatic rings. The van der Waals surface area contributed by atoms with Gasteiger partial charge in [0.05, 0.1) is 12.4 Å². The predicted molar refractivity (Wildman–Crippen MR) is 59.1 cm³/mol. The largest absolute Gasteiger partial charge is 0.393 e. The maximum atomic E-state index is 10.8. The molecular weight excluding hydrogens is 216 g/mol. The molecule has 15 heavy (non-hydrogen) atoms. The van der Waals surface area contributed by atoms with Gasteiger partial charge in [-0.1, -0.05) is 0 Å². The second-order valence-electron chi connectivity index (χ2n) is 4.13. The minimum atomic E-state index is -3.07. The molecule has 0 atom stereocenters. The van der Waals surface area contributed by atoms with Gasteiger partial charge in [-0.25, -0.2) is 13.1 Å². The third kappa shape index (κ3) is 6.09. The van der Waals surface area contributed by atoms with Crippen LogP contribution in [0.25, 0.3) is 0 Å². The Kier molecular flexibility index (Phi) is 4.98. The summed E-state index contributed by atoms with van der Waals surface area (Å²) in [5.74, 6) is 0. The van der Waals surface area contributed by atoms with E-state index in [-0.39, 0.29) is 6.10 Å². The maximum Gasteiger partial charge on any atom is 0.208 e. The highest BCUT2D eigenvalue weighted by Crippen LogP contribution is 2.17. The number of aliphatic hydroxyl groups excluding tert-OH is 1. The van der Waals surface area contributed by atoms with Crippen molar-refractivity contribution in [1.29, 1.82) is 0 Å². The summed E-state index contributed by atoms with van der Waals surface area (Å²) in [5.41, 5.74) is 0. The second-order valence-corrected chi connectivity index (χ2v) is 5.96. The van der Waals surface area contributed by atoms with Crippen molar-refractivity contribution in [1.82, 2.24) is 10.0 Å². The molecule has 3 N–H and O–H groups in total. The summed E-state index contributed by atoms with van der Waals surface area (Å²) in [6.45, 7) is 1.08. The van der Waals surface area contributed by atoms with E-state index >= 15 is 0 Å². The topological polar surface area (TPSA) is 78.4 Å². The van der Waals surface area contributed by atoms with Crippen LogP contribution in [0.4, 0.5) is 0 Å². The van der Waals surface area contributed by atoms with Crippen molar-refractivity contribution in [3.05, 3.63) is 0 Å². The number of nitrogens with one attached hydrogen (secondary N) is 2. The first kappa shape index (κ1) is 12.9. The van der Waals surface area contributed by atoms with E-state index in [0.717, 1.165) is 31.9 Å². The van der Waals surface area contributed by atoms with Crippen molar-refractivity contribution in [2.45, 2.75) is 37.8 Å². The molecule has 0 bridgehead atoms. The van der Waals surface area contributed by atoms with E-state index in [2.05, 4.69) is 10.0 Å². The molecule has 0 unspecified atom stereocenters. The normalized spacial score (nSPS) is 27.9. The second kappa shape index (κ2) is 5.79. The van der Waals surface area contributed by atoms with Gasteiger partial charge in [0, 0.05) is 19.1 Å². The zero-order chi connectivity index (χ0) is 11.3. The van der Waals surface area contributed by atoms with Gasteiger partial charge in [0.2, 0.25) is 10.0 Å². The SMILES string of the molecule is CS(=O)(=O)NCCNC1CCC(O)CC1. The minimum Gasteiger partial charge on any atom is -0.393 e. The van der Waals surface area contributed by atoms with Gasteiger partial charge in [0.25, 0.3) is 0 Å². The van der Waals surface area contributed by atoms with E-state index in [1.165, 1.54) is 0 Å². The highest BCUT2D eigenvalue weighted by atomic mass is 32.2. The van der Waals surface area contributed by atoms with E-state index in [9.17, 15) is 13.5 Å². The summed E-state index contributed by atoms with van der Waals surface area (Å²) < 4.78 is 23.9. The molecule has 0 heterocycles. The van der Waals surface area contributed by atoms with E-state index in [1.807, 2.05) is 0 Å². The fraction of sp³-hybridized carbons (Fsp3) is 1.00. The molecule has 1 aliphatic carbocycles. The Hall–Kier alpha value is -0.170.